The predicted octanol–water partition coefficient (Wildman–Crippen LogP) is 2.01. The first-order valence-corrected chi connectivity index (χ1v) is 9.87. The van der Waals surface area contributed by atoms with Crippen LogP contribution in [0.15, 0.2) is 42.5 Å². The molecule has 1 aliphatic heterocycles. The molecule has 0 aliphatic carbocycles. The zero-order valence-electron chi connectivity index (χ0n) is 15.5. The molecule has 2 aromatic carbocycles. The summed E-state index contributed by atoms with van der Waals surface area (Å²) in [7, 11) is -3.09. The highest BCUT2D eigenvalue weighted by atomic mass is 32.3. The van der Waals surface area contributed by atoms with E-state index in [1.54, 1.807) is 19.2 Å². The van der Waals surface area contributed by atoms with Gasteiger partial charge in [-0.1, -0.05) is 12.1 Å². The summed E-state index contributed by atoms with van der Waals surface area (Å²) in [6.45, 7) is 2.15. The van der Waals surface area contributed by atoms with E-state index < -0.39 is 27.7 Å². The number of benzene rings is 2. The van der Waals surface area contributed by atoms with Crippen LogP contribution in [0.4, 0.5) is 11.4 Å². The molecule has 3 rings (SSSR count). The molecule has 0 spiro atoms. The molecule has 0 bridgehead atoms. The number of hydrogen-bond donors (Lipinski definition) is 1. The number of methoxy groups -OCH3 is 1. The molecular weight excluding hydrogens is 402 g/mol. The molecule has 29 heavy (non-hydrogen) atoms. The Hall–Kier alpha value is -3.36. The number of rotatable bonds is 5. The SMILES string of the molecule is COc1cc([N+]#N)ccc1N1CCCC1.O=C([O-])c1ccccc1OS(=O)(=O)O. The van der Waals surface area contributed by atoms with Gasteiger partial charge in [0.2, 0.25) is 5.39 Å². The van der Waals surface area contributed by atoms with Crippen molar-refractivity contribution in [1.29, 1.82) is 5.39 Å². The van der Waals surface area contributed by atoms with Crippen LogP contribution in [0.2, 0.25) is 0 Å². The zero-order chi connectivity index (χ0) is 21.4. The summed E-state index contributed by atoms with van der Waals surface area (Å²) in [6, 6.07) is 10.4. The summed E-state index contributed by atoms with van der Waals surface area (Å²) in [5.41, 5.74) is 1.15. The summed E-state index contributed by atoms with van der Waals surface area (Å²) < 4.78 is 38.2. The highest BCUT2D eigenvalue weighted by Crippen LogP contribution is 2.34. The summed E-state index contributed by atoms with van der Waals surface area (Å²) in [5, 5.41) is 19.1. The lowest BCUT2D eigenvalue weighted by Gasteiger charge is -2.19. The fourth-order valence-electron chi connectivity index (χ4n) is 2.77. The largest absolute Gasteiger partial charge is 0.545 e. The van der Waals surface area contributed by atoms with E-state index in [9.17, 15) is 18.3 Å². The van der Waals surface area contributed by atoms with E-state index in [1.807, 2.05) is 6.07 Å². The van der Waals surface area contributed by atoms with Gasteiger partial charge in [-0.25, -0.2) is 0 Å². The van der Waals surface area contributed by atoms with Gasteiger partial charge < -0.3 is 23.7 Å². The molecule has 1 N–H and O–H groups in total. The molecule has 2 aromatic rings. The minimum absolute atomic E-state index is 0.454. The standard InChI is InChI=1S/C11H14N3O.C7H6O6S/c1-15-11-8-9(13-12)4-5-10(11)14-6-2-3-7-14;8-7(9)5-3-1-2-4-6(5)13-14(10,11)12/h4-5,8H,2-3,6-7H2,1H3;1-4H,(H,8,9)(H,10,11,12)/q+1;/p-1. The minimum Gasteiger partial charge on any atom is -0.545 e. The van der Waals surface area contributed by atoms with Crippen molar-refractivity contribution < 1.29 is 31.8 Å². The van der Waals surface area contributed by atoms with Crippen LogP contribution in [0.25, 0.3) is 4.98 Å². The average Bonchev–Trinajstić information content (AvgIpc) is 3.21. The number of para-hydroxylation sites is 1. The molecule has 1 heterocycles. The van der Waals surface area contributed by atoms with E-state index in [0.717, 1.165) is 36.7 Å². The van der Waals surface area contributed by atoms with Crippen molar-refractivity contribution in [3.05, 3.63) is 53.0 Å². The second kappa shape index (κ2) is 9.72. The van der Waals surface area contributed by atoms with Crippen LogP contribution in [0.1, 0.15) is 23.2 Å². The number of hydrogen-bond acceptors (Lipinski definition) is 8. The lowest BCUT2D eigenvalue weighted by atomic mass is 10.2. The molecule has 1 fully saturated rings. The van der Waals surface area contributed by atoms with Crippen LogP contribution < -0.4 is 18.9 Å². The second-order valence-electron chi connectivity index (χ2n) is 5.94. The van der Waals surface area contributed by atoms with Gasteiger partial charge in [0.1, 0.15) is 5.75 Å². The van der Waals surface area contributed by atoms with Gasteiger partial charge in [0.15, 0.2) is 10.7 Å². The quantitative estimate of drug-likeness (QED) is 0.566. The topological polar surface area (TPSA) is 144 Å². The van der Waals surface area contributed by atoms with Crippen molar-refractivity contribution in [2.75, 3.05) is 25.1 Å². The first-order chi connectivity index (χ1) is 13.7. The summed E-state index contributed by atoms with van der Waals surface area (Å²) in [6.07, 6.45) is 2.46. The number of aromatic carboxylic acids is 1. The lowest BCUT2D eigenvalue weighted by Crippen LogP contribution is -2.23. The van der Waals surface area contributed by atoms with Gasteiger partial charge in [-0.2, -0.15) is 8.42 Å². The normalized spacial score (nSPS) is 13.1. The molecule has 0 atom stereocenters. The fourth-order valence-corrected chi connectivity index (χ4v) is 3.14. The number of carboxylic acids is 1. The first-order valence-electron chi connectivity index (χ1n) is 8.50. The Morgan fingerprint density at radius 3 is 2.38 bits per heavy atom. The highest BCUT2D eigenvalue weighted by molar-refractivity contribution is 7.81. The van der Waals surface area contributed by atoms with Crippen molar-refractivity contribution in [3.63, 3.8) is 0 Å². The Balaban J connectivity index is 0.000000208. The van der Waals surface area contributed by atoms with E-state index in [0.29, 0.717) is 5.69 Å². The molecule has 0 aromatic heterocycles. The van der Waals surface area contributed by atoms with E-state index in [1.165, 1.54) is 25.0 Å². The molecule has 0 radical (unpaired) electrons. The third-order valence-electron chi connectivity index (χ3n) is 4.03. The van der Waals surface area contributed by atoms with E-state index >= 15 is 0 Å². The smallest absolute Gasteiger partial charge is 0.446 e. The lowest BCUT2D eigenvalue weighted by molar-refractivity contribution is -0.255. The zero-order valence-corrected chi connectivity index (χ0v) is 16.3. The Morgan fingerprint density at radius 1 is 1.17 bits per heavy atom. The average molecular weight is 421 g/mol. The third-order valence-corrected chi connectivity index (χ3v) is 4.42. The van der Waals surface area contributed by atoms with Gasteiger partial charge in [-0.15, -0.1) is 0 Å². The number of nitrogens with zero attached hydrogens (tertiary/aromatic N) is 3. The Kier molecular flexibility index (Phi) is 7.35. The van der Waals surface area contributed by atoms with Crippen molar-refractivity contribution >= 4 is 27.7 Å². The predicted molar refractivity (Wildman–Crippen MR) is 102 cm³/mol. The maximum absolute atomic E-state index is 10.4. The molecule has 10 nitrogen and oxygen atoms in total. The number of carboxylic acid groups (broad SMARTS) is 1. The van der Waals surface area contributed by atoms with Crippen LogP contribution in [-0.4, -0.2) is 39.1 Å². The van der Waals surface area contributed by atoms with Crippen molar-refractivity contribution in [2.45, 2.75) is 12.8 Å². The van der Waals surface area contributed by atoms with E-state index in [-0.39, 0.29) is 0 Å². The van der Waals surface area contributed by atoms with Gasteiger partial charge in [-0.3, -0.25) is 4.55 Å². The Labute approximate surface area is 167 Å². The molecule has 1 aliphatic rings. The number of carbonyl (C=O) groups excluding carboxylic acids is 1. The number of anilines is 1. The molecule has 0 amide bonds. The number of diazo groups is 1. The van der Waals surface area contributed by atoms with Gasteiger partial charge >= 0.3 is 16.1 Å². The molecule has 11 heteroatoms. The second-order valence-corrected chi connectivity index (χ2v) is 6.97. The summed E-state index contributed by atoms with van der Waals surface area (Å²) in [5.74, 6) is -1.31. The van der Waals surface area contributed by atoms with Gasteiger partial charge in [-0.05, 0) is 31.0 Å². The van der Waals surface area contributed by atoms with Crippen molar-refractivity contribution in [3.8, 4) is 11.5 Å². The maximum atomic E-state index is 10.4. The van der Waals surface area contributed by atoms with Crippen LogP contribution in [0.3, 0.4) is 0 Å². The Morgan fingerprint density at radius 2 is 1.83 bits per heavy atom. The van der Waals surface area contributed by atoms with Crippen LogP contribution in [-0.2, 0) is 10.4 Å². The van der Waals surface area contributed by atoms with E-state index in [2.05, 4.69) is 14.1 Å². The number of carbonyl (C=O) groups is 1. The first kappa shape index (κ1) is 21.9. The Bertz CT molecular complexity index is 1010. The van der Waals surface area contributed by atoms with Crippen LogP contribution >= 0.6 is 0 Å². The monoisotopic (exact) mass is 421 g/mol. The fraction of sp³-hybridized carbons (Fsp3) is 0.278. The highest BCUT2D eigenvalue weighted by Gasteiger charge is 2.19. The van der Waals surface area contributed by atoms with Crippen LogP contribution in [0.5, 0.6) is 11.5 Å². The molecule has 1 saturated heterocycles. The number of ether oxygens (including phenoxy) is 1. The van der Waals surface area contributed by atoms with Crippen LogP contribution in [0, 0.1) is 5.39 Å². The summed E-state index contributed by atoms with van der Waals surface area (Å²) >= 11 is 0. The van der Waals surface area contributed by atoms with E-state index in [4.69, 9.17) is 14.7 Å². The van der Waals surface area contributed by atoms with Gasteiger partial charge in [0, 0.05) is 24.7 Å². The van der Waals surface area contributed by atoms with Crippen molar-refractivity contribution in [1.82, 2.24) is 0 Å². The summed E-state index contributed by atoms with van der Waals surface area (Å²) in [4.78, 5) is 15.9. The third kappa shape index (κ3) is 6.34. The molecule has 0 saturated carbocycles. The van der Waals surface area contributed by atoms with Gasteiger partial charge in [0.05, 0.1) is 24.8 Å². The molecular formula is C18H19N3O7S. The molecule has 0 unspecified atom stereocenters. The van der Waals surface area contributed by atoms with Crippen molar-refractivity contribution in [2.24, 2.45) is 0 Å². The molecule has 154 valence electrons. The van der Waals surface area contributed by atoms with Gasteiger partial charge in [0.25, 0.3) is 0 Å². The maximum Gasteiger partial charge on any atom is 0.446 e. The minimum atomic E-state index is -4.72.